The monoisotopic (exact) mass is 189 g/mol. The molecular weight excluding hydrogens is 182 g/mol. The van der Waals surface area contributed by atoms with Crippen LogP contribution in [-0.2, 0) is 11.3 Å². The minimum absolute atomic E-state index is 0.0121. The van der Waals surface area contributed by atoms with Crippen molar-refractivity contribution in [1.82, 2.24) is 15.1 Å². The van der Waals surface area contributed by atoms with Crippen molar-refractivity contribution < 1.29 is 9.21 Å². The minimum Gasteiger partial charge on any atom is -0.410 e. The molecule has 0 saturated carbocycles. The van der Waals surface area contributed by atoms with Crippen LogP contribution in [0.25, 0.3) is 0 Å². The number of aromatic nitrogens is 2. The second kappa shape index (κ2) is 3.53. The predicted molar refractivity (Wildman–Crippen MR) is 41.5 cm³/mol. The Morgan fingerprint density at radius 2 is 2.33 bits per heavy atom. The van der Waals surface area contributed by atoms with E-state index in [1.165, 1.54) is 11.8 Å². The zero-order chi connectivity index (χ0) is 9.14. The van der Waals surface area contributed by atoms with Crippen molar-refractivity contribution in [3.8, 4) is 0 Å². The van der Waals surface area contributed by atoms with Gasteiger partial charge in [0.1, 0.15) is 0 Å². The van der Waals surface area contributed by atoms with Gasteiger partial charge in [-0.25, -0.2) is 0 Å². The molecule has 1 rings (SSSR count). The fraction of sp³-hybridized carbons (Fsp3) is 0.500. The topological polar surface area (TPSA) is 59.2 Å². The molecule has 5 nitrogen and oxygen atoms in total. The van der Waals surface area contributed by atoms with E-state index in [1.807, 2.05) is 0 Å². The molecule has 6 heteroatoms. The summed E-state index contributed by atoms with van der Waals surface area (Å²) in [6.07, 6.45) is 0. The highest BCUT2D eigenvalue weighted by Gasteiger charge is 2.08. The lowest BCUT2D eigenvalue weighted by atomic mass is 10.5. The van der Waals surface area contributed by atoms with Crippen LogP contribution in [0.1, 0.15) is 12.8 Å². The highest BCUT2D eigenvalue weighted by molar-refractivity contribution is 6.27. The lowest BCUT2D eigenvalue weighted by Crippen LogP contribution is -2.23. The van der Waals surface area contributed by atoms with E-state index in [-0.39, 0.29) is 17.8 Å². The highest BCUT2D eigenvalue weighted by Crippen LogP contribution is 2.06. The lowest BCUT2D eigenvalue weighted by Gasteiger charge is -2.10. The van der Waals surface area contributed by atoms with Crippen molar-refractivity contribution in [3.05, 3.63) is 11.2 Å². The quantitative estimate of drug-likeness (QED) is 0.687. The van der Waals surface area contributed by atoms with Gasteiger partial charge in [-0.15, -0.1) is 5.10 Å². The summed E-state index contributed by atoms with van der Waals surface area (Å²) in [5.41, 5.74) is 0. The molecule has 0 unspecified atom stereocenters. The second-order valence-electron chi connectivity index (χ2n) is 2.32. The number of nitrogens with zero attached hydrogens (tertiary/aromatic N) is 3. The van der Waals surface area contributed by atoms with Gasteiger partial charge < -0.3 is 9.32 Å². The Hall–Kier alpha value is -1.10. The van der Waals surface area contributed by atoms with Crippen LogP contribution in [-0.4, -0.2) is 28.1 Å². The molecule has 0 atom stereocenters. The molecule has 1 amide bonds. The number of carbonyl (C=O) groups is 1. The number of hydrogen-bond acceptors (Lipinski definition) is 4. The van der Waals surface area contributed by atoms with Crippen LogP contribution in [0.2, 0.25) is 5.35 Å². The SMILES string of the molecule is CC(=O)N(C)Cc1nnc(Cl)o1. The number of amides is 1. The van der Waals surface area contributed by atoms with Gasteiger partial charge in [0, 0.05) is 14.0 Å². The van der Waals surface area contributed by atoms with Crippen molar-refractivity contribution in [1.29, 1.82) is 0 Å². The maximum Gasteiger partial charge on any atom is 0.312 e. The zero-order valence-electron chi connectivity index (χ0n) is 6.74. The molecule has 0 radical (unpaired) electrons. The van der Waals surface area contributed by atoms with Gasteiger partial charge in [-0.2, -0.15) is 0 Å². The largest absolute Gasteiger partial charge is 0.410 e. The summed E-state index contributed by atoms with van der Waals surface area (Å²) in [6, 6.07) is 0. The van der Waals surface area contributed by atoms with Crippen LogP contribution < -0.4 is 0 Å². The average Bonchev–Trinajstić information content (AvgIpc) is 2.35. The van der Waals surface area contributed by atoms with Crippen molar-refractivity contribution >= 4 is 17.5 Å². The summed E-state index contributed by atoms with van der Waals surface area (Å²) < 4.78 is 4.85. The van der Waals surface area contributed by atoms with Crippen LogP contribution >= 0.6 is 11.6 Å². The Balaban J connectivity index is 2.58. The first kappa shape index (κ1) is 8.99. The Labute approximate surface area is 74.3 Å². The normalized spacial score (nSPS) is 9.92. The van der Waals surface area contributed by atoms with Crippen molar-refractivity contribution in [2.45, 2.75) is 13.5 Å². The molecule has 12 heavy (non-hydrogen) atoms. The van der Waals surface area contributed by atoms with Crippen LogP contribution in [0.15, 0.2) is 4.42 Å². The van der Waals surface area contributed by atoms with E-state index in [0.29, 0.717) is 5.89 Å². The molecule has 0 spiro atoms. The number of hydrogen-bond donors (Lipinski definition) is 0. The van der Waals surface area contributed by atoms with E-state index in [2.05, 4.69) is 10.2 Å². The zero-order valence-corrected chi connectivity index (χ0v) is 7.50. The number of rotatable bonds is 2. The third-order valence-electron chi connectivity index (χ3n) is 1.35. The minimum atomic E-state index is -0.0654. The van der Waals surface area contributed by atoms with Crippen LogP contribution in [0, 0.1) is 0 Å². The predicted octanol–water partition coefficient (Wildman–Crippen LogP) is 0.701. The first-order valence-electron chi connectivity index (χ1n) is 3.29. The molecule has 0 saturated heterocycles. The average molecular weight is 190 g/mol. The molecule has 1 heterocycles. The van der Waals surface area contributed by atoms with Gasteiger partial charge in [0.05, 0.1) is 6.54 Å². The van der Waals surface area contributed by atoms with Gasteiger partial charge in [-0.05, 0) is 11.6 Å². The fourth-order valence-electron chi connectivity index (χ4n) is 0.611. The summed E-state index contributed by atoms with van der Waals surface area (Å²) in [5.74, 6) is 0.266. The summed E-state index contributed by atoms with van der Waals surface area (Å²) in [5, 5.41) is 7.02. The van der Waals surface area contributed by atoms with E-state index in [9.17, 15) is 4.79 Å². The molecule has 1 aromatic heterocycles. The van der Waals surface area contributed by atoms with E-state index in [0.717, 1.165) is 0 Å². The maximum absolute atomic E-state index is 10.8. The second-order valence-corrected chi connectivity index (χ2v) is 2.65. The van der Waals surface area contributed by atoms with Gasteiger partial charge in [0.25, 0.3) is 0 Å². The molecule has 0 aliphatic rings. The molecule has 0 aromatic carbocycles. The highest BCUT2D eigenvalue weighted by atomic mass is 35.5. The van der Waals surface area contributed by atoms with Gasteiger partial charge in [0.15, 0.2) is 0 Å². The number of halogens is 1. The first-order chi connectivity index (χ1) is 5.59. The first-order valence-corrected chi connectivity index (χ1v) is 3.67. The summed E-state index contributed by atoms with van der Waals surface area (Å²) >= 11 is 5.38. The summed E-state index contributed by atoms with van der Waals surface area (Å²) in [4.78, 5) is 12.2. The maximum atomic E-state index is 10.8. The summed E-state index contributed by atoms with van der Waals surface area (Å²) in [6.45, 7) is 1.74. The Kier molecular flexibility index (Phi) is 2.65. The van der Waals surface area contributed by atoms with Crippen LogP contribution in [0.4, 0.5) is 0 Å². The number of carbonyl (C=O) groups excluding carboxylic acids is 1. The third-order valence-corrected chi connectivity index (χ3v) is 1.50. The van der Waals surface area contributed by atoms with E-state index in [1.54, 1.807) is 7.05 Å². The molecule has 0 bridgehead atoms. The molecule has 0 fully saturated rings. The molecule has 66 valence electrons. The van der Waals surface area contributed by atoms with E-state index in [4.69, 9.17) is 16.0 Å². The fourth-order valence-corrected chi connectivity index (χ4v) is 0.738. The lowest BCUT2D eigenvalue weighted by molar-refractivity contribution is -0.128. The van der Waals surface area contributed by atoms with E-state index >= 15 is 0 Å². The van der Waals surface area contributed by atoms with Gasteiger partial charge >= 0.3 is 5.35 Å². The van der Waals surface area contributed by atoms with Crippen LogP contribution in [0.3, 0.4) is 0 Å². The molecule has 1 aromatic rings. The van der Waals surface area contributed by atoms with Crippen LogP contribution in [0.5, 0.6) is 0 Å². The molecule has 0 N–H and O–H groups in total. The standard InChI is InChI=1S/C6H8ClN3O2/c1-4(11)10(2)3-5-8-9-6(7)12-5/h3H2,1-2H3. The van der Waals surface area contributed by atoms with Gasteiger partial charge in [-0.3, -0.25) is 4.79 Å². The Bertz CT molecular complexity index is 286. The smallest absolute Gasteiger partial charge is 0.312 e. The third kappa shape index (κ3) is 2.20. The Morgan fingerprint density at radius 1 is 1.67 bits per heavy atom. The van der Waals surface area contributed by atoms with Gasteiger partial charge in [0.2, 0.25) is 11.8 Å². The van der Waals surface area contributed by atoms with E-state index < -0.39 is 0 Å². The molecule has 0 aliphatic carbocycles. The van der Waals surface area contributed by atoms with Crippen molar-refractivity contribution in [2.75, 3.05) is 7.05 Å². The molecule has 0 aliphatic heterocycles. The Morgan fingerprint density at radius 3 is 2.75 bits per heavy atom. The van der Waals surface area contributed by atoms with Crippen molar-refractivity contribution in [2.24, 2.45) is 0 Å². The van der Waals surface area contributed by atoms with Gasteiger partial charge in [-0.1, -0.05) is 5.10 Å². The summed E-state index contributed by atoms with van der Waals surface area (Å²) in [7, 11) is 1.64. The van der Waals surface area contributed by atoms with Crippen molar-refractivity contribution in [3.63, 3.8) is 0 Å². The molecular formula is C6H8ClN3O2.